The number of nitrogens with zero attached hydrogens (tertiary/aromatic N) is 4. The number of carbonyl (C=O) groups excluding carboxylic acids is 2. The minimum absolute atomic E-state index is 0.201. The first-order valence-electron chi connectivity index (χ1n) is 8.95. The maximum Gasteiger partial charge on any atom is 0.259 e. The highest BCUT2D eigenvalue weighted by atomic mass is 32.1. The van der Waals surface area contributed by atoms with Crippen molar-refractivity contribution in [3.63, 3.8) is 0 Å². The molecule has 4 rings (SSSR count). The van der Waals surface area contributed by atoms with Crippen molar-refractivity contribution in [3.8, 4) is 6.07 Å². The van der Waals surface area contributed by atoms with Crippen LogP contribution in [0, 0.1) is 24.1 Å². The van der Waals surface area contributed by atoms with Gasteiger partial charge in [-0.2, -0.15) is 5.26 Å². The lowest BCUT2D eigenvalue weighted by Crippen LogP contribution is -2.55. The van der Waals surface area contributed by atoms with Gasteiger partial charge < -0.3 is 10.6 Å². The summed E-state index contributed by atoms with van der Waals surface area (Å²) in [6.07, 6.45) is 3.42. The standard InChI is InChI=1S/C20H16FN5O2S/c1-11-7-13(10-24-16(11)9-22)25-18(28)20(5-2-6-20)26(19(25)29)12-3-4-14(17(23)27)15(21)8-12/h3-4,7-8,10H,2,5-6H2,1H3,(H2,23,27). The molecular weight excluding hydrogens is 393 g/mol. The lowest BCUT2D eigenvalue weighted by Gasteiger charge is -2.43. The molecular formula is C20H16FN5O2S. The maximum absolute atomic E-state index is 14.4. The number of benzene rings is 1. The van der Waals surface area contributed by atoms with E-state index in [-0.39, 0.29) is 22.3 Å². The van der Waals surface area contributed by atoms with E-state index < -0.39 is 17.3 Å². The van der Waals surface area contributed by atoms with Crippen LogP contribution in [-0.2, 0) is 4.79 Å². The van der Waals surface area contributed by atoms with Gasteiger partial charge in [0, 0.05) is 5.69 Å². The number of carbonyl (C=O) groups is 2. The molecule has 2 fully saturated rings. The van der Waals surface area contributed by atoms with Gasteiger partial charge in [-0.05, 0) is 68.2 Å². The lowest BCUT2D eigenvalue weighted by molar-refractivity contribution is -0.123. The topological polar surface area (TPSA) is 103 Å². The van der Waals surface area contributed by atoms with Crippen molar-refractivity contribution in [2.24, 2.45) is 5.73 Å². The summed E-state index contributed by atoms with van der Waals surface area (Å²) in [5.74, 6) is -1.85. The molecule has 0 bridgehead atoms. The largest absolute Gasteiger partial charge is 0.366 e. The fourth-order valence-corrected chi connectivity index (χ4v) is 4.32. The average molecular weight is 409 g/mol. The van der Waals surface area contributed by atoms with E-state index in [2.05, 4.69) is 4.98 Å². The Balaban J connectivity index is 1.80. The van der Waals surface area contributed by atoms with Crippen LogP contribution in [0.1, 0.15) is 40.9 Å². The van der Waals surface area contributed by atoms with Gasteiger partial charge in [-0.25, -0.2) is 9.37 Å². The number of hydrogen-bond donors (Lipinski definition) is 1. The Labute approximate surface area is 171 Å². The van der Waals surface area contributed by atoms with Gasteiger partial charge in [0.05, 0.1) is 17.4 Å². The molecule has 1 aromatic heterocycles. The quantitative estimate of drug-likeness (QED) is 0.782. The van der Waals surface area contributed by atoms with Crippen LogP contribution in [0.25, 0.3) is 0 Å². The van der Waals surface area contributed by atoms with E-state index in [9.17, 15) is 14.0 Å². The molecule has 2 aromatic rings. The van der Waals surface area contributed by atoms with Gasteiger partial charge in [0.15, 0.2) is 5.11 Å². The Morgan fingerprint density at radius 2 is 2.07 bits per heavy atom. The molecule has 2 heterocycles. The van der Waals surface area contributed by atoms with E-state index in [1.54, 1.807) is 17.9 Å². The average Bonchev–Trinajstić information content (AvgIpc) is 2.88. The number of amides is 2. The predicted octanol–water partition coefficient (Wildman–Crippen LogP) is 2.56. The summed E-state index contributed by atoms with van der Waals surface area (Å²) in [6.45, 7) is 1.73. The number of primary amides is 1. The van der Waals surface area contributed by atoms with Crippen molar-refractivity contribution in [1.29, 1.82) is 5.26 Å². The van der Waals surface area contributed by atoms with Crippen LogP contribution < -0.4 is 15.5 Å². The molecule has 1 saturated heterocycles. The summed E-state index contributed by atoms with van der Waals surface area (Å²) in [5.41, 5.74) is 5.80. The second kappa shape index (κ2) is 6.60. The van der Waals surface area contributed by atoms with Crippen LogP contribution in [0.15, 0.2) is 30.5 Å². The van der Waals surface area contributed by atoms with Gasteiger partial charge in [0.2, 0.25) is 0 Å². The zero-order valence-electron chi connectivity index (χ0n) is 15.5. The normalized spacial score (nSPS) is 17.4. The summed E-state index contributed by atoms with van der Waals surface area (Å²) in [5, 5.41) is 9.29. The third-order valence-corrected chi connectivity index (χ3v) is 5.86. The number of hydrogen-bond acceptors (Lipinski definition) is 5. The third-order valence-electron chi connectivity index (χ3n) is 5.50. The Kier molecular flexibility index (Phi) is 4.31. The van der Waals surface area contributed by atoms with E-state index in [1.807, 2.05) is 6.07 Å². The first-order chi connectivity index (χ1) is 13.8. The summed E-state index contributed by atoms with van der Waals surface area (Å²) < 4.78 is 14.4. The number of nitrogens with two attached hydrogens (primary N) is 1. The number of pyridine rings is 1. The molecule has 7 nitrogen and oxygen atoms in total. The fourth-order valence-electron chi connectivity index (χ4n) is 3.85. The molecule has 146 valence electrons. The Morgan fingerprint density at radius 3 is 2.59 bits per heavy atom. The summed E-state index contributed by atoms with van der Waals surface area (Å²) in [4.78, 5) is 31.8. The van der Waals surface area contributed by atoms with Crippen molar-refractivity contribution >= 4 is 40.5 Å². The highest BCUT2D eigenvalue weighted by Crippen LogP contribution is 2.47. The first kappa shape index (κ1) is 19.0. The molecule has 1 saturated carbocycles. The molecule has 2 aliphatic rings. The van der Waals surface area contributed by atoms with E-state index in [4.69, 9.17) is 23.2 Å². The van der Waals surface area contributed by atoms with Gasteiger partial charge in [0.25, 0.3) is 11.8 Å². The first-order valence-corrected chi connectivity index (χ1v) is 9.36. The van der Waals surface area contributed by atoms with E-state index in [0.717, 1.165) is 6.42 Å². The maximum atomic E-state index is 14.4. The smallest absolute Gasteiger partial charge is 0.259 e. The van der Waals surface area contributed by atoms with E-state index in [1.165, 1.54) is 29.3 Å². The number of nitriles is 1. The van der Waals surface area contributed by atoms with Gasteiger partial charge in [0.1, 0.15) is 23.1 Å². The highest BCUT2D eigenvalue weighted by molar-refractivity contribution is 7.81. The second-order valence-electron chi connectivity index (χ2n) is 7.14. The van der Waals surface area contributed by atoms with Gasteiger partial charge in [-0.1, -0.05) is 0 Å². The predicted molar refractivity (Wildman–Crippen MR) is 108 cm³/mol. The zero-order valence-corrected chi connectivity index (χ0v) is 16.3. The van der Waals surface area contributed by atoms with Gasteiger partial charge in [-0.15, -0.1) is 0 Å². The molecule has 9 heteroatoms. The van der Waals surface area contributed by atoms with Gasteiger partial charge in [-0.3, -0.25) is 14.5 Å². The highest BCUT2D eigenvalue weighted by Gasteiger charge is 2.59. The number of thiocarbonyl (C=S) groups is 1. The Morgan fingerprint density at radius 1 is 1.34 bits per heavy atom. The van der Waals surface area contributed by atoms with Crippen LogP contribution >= 0.6 is 12.2 Å². The zero-order chi connectivity index (χ0) is 20.9. The molecule has 1 aliphatic heterocycles. The molecule has 1 aliphatic carbocycles. The SMILES string of the molecule is Cc1cc(N2C(=O)C3(CCC3)N(c3ccc(C(N)=O)c(F)c3)C2=S)cnc1C#N. The minimum atomic E-state index is -0.889. The molecule has 1 spiro atoms. The van der Waals surface area contributed by atoms with Crippen LogP contribution in [0.4, 0.5) is 15.8 Å². The number of halogens is 1. The Bertz CT molecular complexity index is 1120. The van der Waals surface area contributed by atoms with Crippen LogP contribution in [0.3, 0.4) is 0 Å². The van der Waals surface area contributed by atoms with Crippen molar-refractivity contribution in [2.75, 3.05) is 9.80 Å². The summed E-state index contributed by atoms with van der Waals surface area (Å²) in [7, 11) is 0. The number of anilines is 2. The minimum Gasteiger partial charge on any atom is -0.366 e. The summed E-state index contributed by atoms with van der Waals surface area (Å²) in [6, 6.07) is 7.68. The van der Waals surface area contributed by atoms with Gasteiger partial charge >= 0.3 is 0 Å². The third kappa shape index (κ3) is 2.68. The monoisotopic (exact) mass is 409 g/mol. The van der Waals surface area contributed by atoms with Crippen LogP contribution in [-0.4, -0.2) is 27.4 Å². The lowest BCUT2D eigenvalue weighted by atomic mass is 9.75. The van der Waals surface area contributed by atoms with Crippen molar-refractivity contribution in [2.45, 2.75) is 31.7 Å². The molecule has 2 amide bonds. The molecule has 2 N–H and O–H groups in total. The number of aromatic nitrogens is 1. The molecule has 1 aromatic carbocycles. The molecule has 0 radical (unpaired) electrons. The van der Waals surface area contributed by atoms with Crippen LogP contribution in [0.5, 0.6) is 0 Å². The molecule has 29 heavy (non-hydrogen) atoms. The number of aryl methyl sites for hydroxylation is 1. The van der Waals surface area contributed by atoms with Crippen molar-refractivity contribution in [3.05, 3.63) is 53.1 Å². The van der Waals surface area contributed by atoms with E-state index >= 15 is 0 Å². The second-order valence-corrected chi connectivity index (χ2v) is 7.51. The molecule has 0 atom stereocenters. The van der Waals surface area contributed by atoms with Crippen molar-refractivity contribution < 1.29 is 14.0 Å². The fraction of sp³-hybridized carbons (Fsp3) is 0.250. The summed E-state index contributed by atoms with van der Waals surface area (Å²) >= 11 is 5.61. The number of rotatable bonds is 3. The Hall–Kier alpha value is -3.38. The van der Waals surface area contributed by atoms with Crippen molar-refractivity contribution in [1.82, 2.24) is 4.98 Å². The van der Waals surface area contributed by atoms with Crippen LogP contribution in [0.2, 0.25) is 0 Å². The van der Waals surface area contributed by atoms with E-state index in [0.29, 0.717) is 29.8 Å². The molecule has 0 unspecified atom stereocenters.